The van der Waals surface area contributed by atoms with Crippen LogP contribution in [0.15, 0.2) is 72.8 Å². The number of aryl methyl sites for hydroxylation is 1. The Hall–Kier alpha value is -2.86. The van der Waals surface area contributed by atoms with Crippen molar-refractivity contribution >= 4 is 46.4 Å². The summed E-state index contributed by atoms with van der Waals surface area (Å²) in [7, 11) is 0. The van der Waals surface area contributed by atoms with Gasteiger partial charge in [-0.2, -0.15) is 0 Å². The van der Waals surface area contributed by atoms with E-state index < -0.39 is 24.0 Å². The first-order valence-corrected chi connectivity index (χ1v) is 11.2. The van der Waals surface area contributed by atoms with Gasteiger partial charge in [-0.15, -0.1) is 0 Å². The molecule has 0 aliphatic carbocycles. The number of halogens is 2. The Morgan fingerprint density at radius 3 is 2.22 bits per heavy atom. The van der Waals surface area contributed by atoms with Gasteiger partial charge in [0.2, 0.25) is 5.91 Å². The van der Waals surface area contributed by atoms with E-state index >= 15 is 0 Å². The molecule has 2 amide bonds. The molecule has 0 spiro atoms. The number of amides is 2. The molecule has 0 bridgehead atoms. The zero-order valence-electron chi connectivity index (χ0n) is 17.2. The van der Waals surface area contributed by atoms with Crippen molar-refractivity contribution in [2.45, 2.75) is 25.5 Å². The van der Waals surface area contributed by atoms with Crippen LogP contribution in [0.3, 0.4) is 0 Å². The van der Waals surface area contributed by atoms with E-state index in [4.69, 9.17) is 28.0 Å². The van der Waals surface area contributed by atoms with Crippen molar-refractivity contribution in [3.05, 3.63) is 94.0 Å². The van der Waals surface area contributed by atoms with Crippen LogP contribution >= 0.6 is 23.2 Å². The third-order valence-corrected chi connectivity index (χ3v) is 6.76. The number of carbonyl (C=O) groups excluding carboxylic acids is 2. The van der Waals surface area contributed by atoms with E-state index in [0.717, 1.165) is 22.6 Å². The number of rotatable bonds is 4. The van der Waals surface area contributed by atoms with Crippen LogP contribution in [0.5, 0.6) is 0 Å². The van der Waals surface area contributed by atoms with Crippen molar-refractivity contribution in [3.63, 3.8) is 0 Å². The lowest BCUT2D eigenvalue weighted by atomic mass is 9.90. The van der Waals surface area contributed by atoms with E-state index in [0.29, 0.717) is 10.7 Å². The van der Waals surface area contributed by atoms with E-state index in [1.54, 1.807) is 17.2 Å². The Kier molecular flexibility index (Phi) is 5.41. The largest absolute Gasteiger partial charge is 0.273 e. The van der Waals surface area contributed by atoms with Gasteiger partial charge >= 0.3 is 0 Å². The number of hydrogen-bond donors (Lipinski definition) is 0. The summed E-state index contributed by atoms with van der Waals surface area (Å²) in [4.78, 5) is 34.2. The summed E-state index contributed by atoms with van der Waals surface area (Å²) in [6.07, 6.45) is -0.00804. The van der Waals surface area contributed by atoms with Crippen molar-refractivity contribution in [1.29, 1.82) is 0 Å². The lowest BCUT2D eigenvalue weighted by Gasteiger charge is -2.29. The average Bonchev–Trinajstić information content (AvgIpc) is 3.32. The number of hydrogen-bond acceptors (Lipinski definition) is 4. The molecule has 2 fully saturated rings. The van der Waals surface area contributed by atoms with Crippen LogP contribution in [-0.4, -0.2) is 17.9 Å². The third kappa shape index (κ3) is 3.37. The molecular formula is C25H20Cl2N2O3. The van der Waals surface area contributed by atoms with Crippen molar-refractivity contribution in [2.24, 2.45) is 5.92 Å². The predicted molar refractivity (Wildman–Crippen MR) is 125 cm³/mol. The highest BCUT2D eigenvalue weighted by Crippen LogP contribution is 2.47. The molecule has 162 valence electrons. The van der Waals surface area contributed by atoms with Crippen LogP contribution in [0.25, 0.3) is 0 Å². The first-order chi connectivity index (χ1) is 15.5. The van der Waals surface area contributed by atoms with E-state index in [-0.39, 0.29) is 10.9 Å². The second-order valence-corrected chi connectivity index (χ2v) is 8.68. The van der Waals surface area contributed by atoms with Crippen LogP contribution in [0.4, 0.5) is 11.4 Å². The first kappa shape index (κ1) is 21.0. The molecule has 3 atom stereocenters. The summed E-state index contributed by atoms with van der Waals surface area (Å²) in [5.74, 6) is -1.42. The van der Waals surface area contributed by atoms with Gasteiger partial charge in [-0.3, -0.25) is 14.4 Å². The number of para-hydroxylation sites is 1. The summed E-state index contributed by atoms with van der Waals surface area (Å²) in [6.45, 7) is 2.09. The molecule has 5 rings (SSSR count). The van der Waals surface area contributed by atoms with Crippen molar-refractivity contribution in [2.75, 3.05) is 9.96 Å². The minimum absolute atomic E-state index is 0.278. The number of hydroxylamine groups is 1. The van der Waals surface area contributed by atoms with Crippen molar-refractivity contribution in [1.82, 2.24) is 0 Å². The zero-order valence-corrected chi connectivity index (χ0v) is 18.8. The monoisotopic (exact) mass is 466 g/mol. The summed E-state index contributed by atoms with van der Waals surface area (Å²) in [6, 6.07) is 21.9. The Morgan fingerprint density at radius 1 is 0.844 bits per heavy atom. The standard InChI is InChI=1S/C25H20Cl2N2O3/c1-2-15-8-10-16(11-9-15)22-21-23(32-29(22)17-6-4-3-5-7-17)25(31)28(24(21)30)18-12-13-19(26)20(27)14-18/h3-14,21-23H,2H2,1H3/t21-,22-,23+/m1/s1. The predicted octanol–water partition coefficient (Wildman–Crippen LogP) is 5.61. The van der Waals surface area contributed by atoms with E-state index in [9.17, 15) is 9.59 Å². The molecule has 0 aromatic heterocycles. The van der Waals surface area contributed by atoms with Gasteiger partial charge in [-0.1, -0.05) is 72.6 Å². The number of nitrogens with zero attached hydrogens (tertiary/aromatic N) is 2. The second kappa shape index (κ2) is 8.24. The normalized spacial score (nSPS) is 22.5. The Labute approximate surface area is 196 Å². The molecule has 32 heavy (non-hydrogen) atoms. The van der Waals surface area contributed by atoms with E-state index in [2.05, 4.69) is 6.92 Å². The van der Waals surface area contributed by atoms with Gasteiger partial charge in [0.25, 0.3) is 5.91 Å². The van der Waals surface area contributed by atoms with E-state index in [1.807, 2.05) is 54.6 Å². The van der Waals surface area contributed by atoms with E-state index in [1.165, 1.54) is 11.6 Å². The Bertz CT molecular complexity index is 1180. The van der Waals surface area contributed by atoms with Crippen LogP contribution in [0.2, 0.25) is 10.0 Å². The quantitative estimate of drug-likeness (QED) is 0.469. The van der Waals surface area contributed by atoms with Gasteiger partial charge in [0.15, 0.2) is 6.10 Å². The van der Waals surface area contributed by atoms with Gasteiger partial charge in [0.05, 0.1) is 27.5 Å². The molecule has 7 heteroatoms. The van der Waals surface area contributed by atoms with Gasteiger partial charge < -0.3 is 0 Å². The lowest BCUT2D eigenvalue weighted by Crippen LogP contribution is -2.37. The molecule has 5 nitrogen and oxygen atoms in total. The number of carbonyl (C=O) groups is 2. The molecule has 0 saturated carbocycles. The van der Waals surface area contributed by atoms with Crippen LogP contribution < -0.4 is 9.96 Å². The fourth-order valence-corrected chi connectivity index (χ4v) is 4.67. The molecule has 3 aromatic rings. The summed E-state index contributed by atoms with van der Waals surface area (Å²) in [5.41, 5.74) is 3.28. The SMILES string of the molecule is CCc1ccc([C@@H]2[C@H]3C(=O)N(c4ccc(Cl)c(Cl)c4)C(=O)[C@H]3ON2c2ccccc2)cc1. The topological polar surface area (TPSA) is 49.9 Å². The maximum Gasteiger partial charge on any atom is 0.266 e. The number of anilines is 2. The van der Waals surface area contributed by atoms with Crippen LogP contribution in [-0.2, 0) is 20.8 Å². The van der Waals surface area contributed by atoms with Gasteiger partial charge in [-0.05, 0) is 47.9 Å². The molecule has 0 unspecified atom stereocenters. The van der Waals surface area contributed by atoms with Crippen molar-refractivity contribution < 1.29 is 14.4 Å². The van der Waals surface area contributed by atoms with Crippen molar-refractivity contribution in [3.8, 4) is 0 Å². The highest BCUT2D eigenvalue weighted by Gasteiger charge is 2.60. The molecule has 2 saturated heterocycles. The fourth-order valence-electron chi connectivity index (χ4n) is 4.38. The number of fused-ring (bicyclic) bond motifs is 1. The molecule has 2 heterocycles. The molecule has 0 N–H and O–H groups in total. The molecule has 2 aliphatic heterocycles. The number of benzene rings is 3. The number of imide groups is 1. The summed E-state index contributed by atoms with van der Waals surface area (Å²) < 4.78 is 0. The third-order valence-electron chi connectivity index (χ3n) is 6.02. The lowest BCUT2D eigenvalue weighted by molar-refractivity contribution is -0.126. The smallest absolute Gasteiger partial charge is 0.266 e. The zero-order chi connectivity index (χ0) is 22.4. The maximum absolute atomic E-state index is 13.6. The summed E-state index contributed by atoms with van der Waals surface area (Å²) in [5, 5.41) is 2.33. The first-order valence-electron chi connectivity index (χ1n) is 10.4. The van der Waals surface area contributed by atoms with Gasteiger partial charge in [0.1, 0.15) is 5.92 Å². The molecule has 0 radical (unpaired) electrons. The highest BCUT2D eigenvalue weighted by atomic mass is 35.5. The second-order valence-electron chi connectivity index (χ2n) is 7.86. The average molecular weight is 467 g/mol. The Morgan fingerprint density at radius 2 is 1.56 bits per heavy atom. The highest BCUT2D eigenvalue weighted by molar-refractivity contribution is 6.42. The van der Waals surface area contributed by atoms with Gasteiger partial charge in [0, 0.05) is 0 Å². The summed E-state index contributed by atoms with van der Waals surface area (Å²) >= 11 is 12.2. The van der Waals surface area contributed by atoms with Crippen LogP contribution in [0.1, 0.15) is 24.1 Å². The molecule has 2 aliphatic rings. The molecule has 3 aromatic carbocycles. The minimum atomic E-state index is -0.923. The van der Waals surface area contributed by atoms with Gasteiger partial charge in [-0.25, -0.2) is 9.96 Å². The molecular weight excluding hydrogens is 447 g/mol. The van der Waals surface area contributed by atoms with Crippen LogP contribution in [0, 0.1) is 5.92 Å². The minimum Gasteiger partial charge on any atom is -0.273 e. The fraction of sp³-hybridized carbons (Fsp3) is 0.200. The maximum atomic E-state index is 13.6. The Balaban J connectivity index is 1.57.